The van der Waals surface area contributed by atoms with Crippen molar-refractivity contribution in [1.82, 2.24) is 0 Å². The second-order valence-corrected chi connectivity index (χ2v) is 7.59. The van der Waals surface area contributed by atoms with E-state index in [0.717, 1.165) is 33.7 Å². The van der Waals surface area contributed by atoms with Gasteiger partial charge in [-0.1, -0.05) is 30.3 Å². The summed E-state index contributed by atoms with van der Waals surface area (Å²) in [5, 5.41) is 2.85. The van der Waals surface area contributed by atoms with Crippen molar-refractivity contribution in [3.8, 4) is 0 Å². The molecule has 0 atom stereocenters. The van der Waals surface area contributed by atoms with Gasteiger partial charge in [0, 0.05) is 11.8 Å². The van der Waals surface area contributed by atoms with Gasteiger partial charge in [0.15, 0.2) is 11.6 Å². The molecule has 0 saturated heterocycles. The Bertz CT molecular complexity index is 1260. The number of nitrogens with zero attached hydrogens (tertiary/aromatic N) is 1. The Morgan fingerprint density at radius 1 is 0.774 bits per heavy atom. The van der Waals surface area contributed by atoms with Gasteiger partial charge < -0.3 is 5.32 Å². The molecule has 3 aromatic carbocycles. The first-order valence-corrected chi connectivity index (χ1v) is 9.75. The van der Waals surface area contributed by atoms with E-state index < -0.39 is 23.4 Å². The summed E-state index contributed by atoms with van der Waals surface area (Å²) in [5.41, 5.74) is 4.29. The maximum Gasteiger partial charge on any atom is 0.282 e. The van der Waals surface area contributed by atoms with Crippen LogP contribution in [-0.4, -0.2) is 11.8 Å². The number of carbonyl (C=O) groups is 2. The molecule has 0 radical (unpaired) electrons. The molecule has 31 heavy (non-hydrogen) atoms. The highest BCUT2D eigenvalue weighted by Gasteiger charge is 2.40. The molecule has 156 valence electrons. The summed E-state index contributed by atoms with van der Waals surface area (Å²) in [6.45, 7) is 5.74. The Balaban J connectivity index is 1.85. The standard InChI is InChI=1S/C25H20F2N2O2/c1-14-5-4-6-19(11-14)29-24(30)22(17-8-7-15(2)16(3)12-17)23(25(29)31)28-18-9-10-20(26)21(27)13-18/h4-13,28H,1-3H3. The smallest absolute Gasteiger partial charge is 0.282 e. The highest BCUT2D eigenvalue weighted by molar-refractivity contribution is 6.46. The zero-order valence-corrected chi connectivity index (χ0v) is 17.3. The van der Waals surface area contributed by atoms with Gasteiger partial charge in [0.1, 0.15) is 5.70 Å². The highest BCUT2D eigenvalue weighted by atomic mass is 19.2. The van der Waals surface area contributed by atoms with Crippen molar-refractivity contribution in [1.29, 1.82) is 0 Å². The summed E-state index contributed by atoms with van der Waals surface area (Å²) in [6.07, 6.45) is 0. The Labute approximate surface area is 178 Å². The summed E-state index contributed by atoms with van der Waals surface area (Å²) in [6, 6.07) is 15.8. The van der Waals surface area contributed by atoms with Crippen LogP contribution >= 0.6 is 0 Å². The van der Waals surface area contributed by atoms with Gasteiger partial charge in [-0.25, -0.2) is 13.7 Å². The average molecular weight is 418 g/mol. The highest BCUT2D eigenvalue weighted by Crippen LogP contribution is 2.34. The Hall–Kier alpha value is -3.80. The third-order valence-corrected chi connectivity index (χ3v) is 5.33. The maximum absolute atomic E-state index is 13.7. The molecule has 4 nitrogen and oxygen atoms in total. The predicted octanol–water partition coefficient (Wildman–Crippen LogP) is 5.29. The molecule has 0 fully saturated rings. The van der Waals surface area contributed by atoms with Crippen LogP contribution in [0.1, 0.15) is 22.3 Å². The number of halogens is 2. The van der Waals surface area contributed by atoms with Crippen LogP contribution in [-0.2, 0) is 9.59 Å². The van der Waals surface area contributed by atoms with Crippen LogP contribution in [0.15, 0.2) is 66.4 Å². The lowest BCUT2D eigenvalue weighted by Gasteiger charge is -2.16. The van der Waals surface area contributed by atoms with Crippen LogP contribution < -0.4 is 10.2 Å². The monoisotopic (exact) mass is 418 g/mol. The quantitative estimate of drug-likeness (QED) is 0.586. The van der Waals surface area contributed by atoms with Crippen LogP contribution in [0, 0.1) is 32.4 Å². The Morgan fingerprint density at radius 2 is 1.55 bits per heavy atom. The van der Waals surface area contributed by atoms with Gasteiger partial charge >= 0.3 is 0 Å². The molecule has 0 aromatic heterocycles. The molecular weight excluding hydrogens is 398 g/mol. The van der Waals surface area contributed by atoms with E-state index in [1.54, 1.807) is 24.3 Å². The van der Waals surface area contributed by atoms with E-state index in [2.05, 4.69) is 5.32 Å². The van der Waals surface area contributed by atoms with Crippen molar-refractivity contribution >= 4 is 28.8 Å². The number of rotatable bonds is 4. The van der Waals surface area contributed by atoms with Gasteiger partial charge in [0.2, 0.25) is 0 Å². The van der Waals surface area contributed by atoms with E-state index >= 15 is 0 Å². The van der Waals surface area contributed by atoms with E-state index in [1.165, 1.54) is 6.07 Å². The summed E-state index contributed by atoms with van der Waals surface area (Å²) >= 11 is 0. The van der Waals surface area contributed by atoms with Crippen LogP contribution in [0.25, 0.3) is 5.57 Å². The van der Waals surface area contributed by atoms with E-state index in [-0.39, 0.29) is 17.0 Å². The number of amides is 2. The zero-order valence-electron chi connectivity index (χ0n) is 17.3. The molecule has 3 aromatic rings. The van der Waals surface area contributed by atoms with E-state index in [4.69, 9.17) is 0 Å². The number of carbonyl (C=O) groups excluding carboxylic acids is 2. The van der Waals surface area contributed by atoms with E-state index in [0.29, 0.717) is 11.3 Å². The first-order valence-electron chi connectivity index (χ1n) is 9.75. The summed E-state index contributed by atoms with van der Waals surface area (Å²) in [4.78, 5) is 27.9. The number of nitrogens with one attached hydrogen (secondary N) is 1. The summed E-state index contributed by atoms with van der Waals surface area (Å²) in [5.74, 6) is -3.09. The van der Waals surface area contributed by atoms with Gasteiger partial charge in [-0.2, -0.15) is 0 Å². The first-order chi connectivity index (χ1) is 14.8. The fourth-order valence-electron chi connectivity index (χ4n) is 3.53. The lowest BCUT2D eigenvalue weighted by atomic mass is 9.99. The molecule has 0 unspecified atom stereocenters. The van der Waals surface area contributed by atoms with E-state index in [1.807, 2.05) is 39.0 Å². The number of imide groups is 1. The molecule has 0 bridgehead atoms. The fourth-order valence-corrected chi connectivity index (χ4v) is 3.53. The molecule has 0 aliphatic carbocycles. The normalized spacial score (nSPS) is 13.9. The zero-order chi connectivity index (χ0) is 22.3. The van der Waals surface area contributed by atoms with Crippen molar-refractivity contribution in [3.05, 3.63) is 100 Å². The molecule has 6 heteroatoms. The molecule has 1 N–H and O–H groups in total. The second kappa shape index (κ2) is 7.80. The second-order valence-electron chi connectivity index (χ2n) is 7.59. The van der Waals surface area contributed by atoms with Crippen molar-refractivity contribution in [2.75, 3.05) is 10.2 Å². The number of hydrogen-bond donors (Lipinski definition) is 1. The first kappa shape index (κ1) is 20.5. The average Bonchev–Trinajstić information content (AvgIpc) is 2.96. The molecular formula is C25H20F2N2O2. The third kappa shape index (κ3) is 3.72. The molecule has 2 amide bonds. The number of aryl methyl sites for hydroxylation is 3. The molecule has 1 aliphatic heterocycles. The SMILES string of the molecule is Cc1cccc(N2C(=O)C(Nc3ccc(F)c(F)c3)=C(c3ccc(C)c(C)c3)C2=O)c1. The fraction of sp³-hybridized carbons (Fsp3) is 0.120. The number of hydrogen-bond acceptors (Lipinski definition) is 3. The molecule has 1 aliphatic rings. The molecule has 4 rings (SSSR count). The van der Waals surface area contributed by atoms with Crippen molar-refractivity contribution in [2.24, 2.45) is 0 Å². The largest absolute Gasteiger partial charge is 0.350 e. The lowest BCUT2D eigenvalue weighted by molar-refractivity contribution is -0.120. The van der Waals surface area contributed by atoms with Crippen molar-refractivity contribution in [2.45, 2.75) is 20.8 Å². The minimum atomic E-state index is -1.05. The van der Waals surface area contributed by atoms with Gasteiger partial charge in [-0.05, 0) is 67.3 Å². The Kier molecular flexibility index (Phi) is 5.15. The number of anilines is 2. The van der Waals surface area contributed by atoms with Gasteiger partial charge in [-0.15, -0.1) is 0 Å². The van der Waals surface area contributed by atoms with Crippen LogP contribution in [0.4, 0.5) is 20.2 Å². The minimum absolute atomic E-state index is 0.0146. The molecule has 1 heterocycles. The van der Waals surface area contributed by atoms with E-state index in [9.17, 15) is 18.4 Å². The minimum Gasteiger partial charge on any atom is -0.350 e. The summed E-state index contributed by atoms with van der Waals surface area (Å²) in [7, 11) is 0. The van der Waals surface area contributed by atoms with Crippen LogP contribution in [0.3, 0.4) is 0 Å². The molecule has 0 saturated carbocycles. The van der Waals surface area contributed by atoms with Crippen LogP contribution in [0.5, 0.6) is 0 Å². The maximum atomic E-state index is 13.7. The third-order valence-electron chi connectivity index (χ3n) is 5.33. The topological polar surface area (TPSA) is 49.4 Å². The van der Waals surface area contributed by atoms with Crippen molar-refractivity contribution < 1.29 is 18.4 Å². The van der Waals surface area contributed by atoms with Gasteiger partial charge in [-0.3, -0.25) is 9.59 Å². The summed E-state index contributed by atoms with van der Waals surface area (Å²) < 4.78 is 27.1. The Morgan fingerprint density at radius 3 is 2.23 bits per heavy atom. The lowest BCUT2D eigenvalue weighted by Crippen LogP contribution is -2.32. The molecule has 0 spiro atoms. The van der Waals surface area contributed by atoms with Crippen LogP contribution in [0.2, 0.25) is 0 Å². The van der Waals surface area contributed by atoms with Gasteiger partial charge in [0.25, 0.3) is 11.8 Å². The van der Waals surface area contributed by atoms with Crippen molar-refractivity contribution in [3.63, 3.8) is 0 Å². The number of benzene rings is 3. The van der Waals surface area contributed by atoms with Gasteiger partial charge in [0.05, 0.1) is 11.3 Å². The predicted molar refractivity (Wildman–Crippen MR) is 116 cm³/mol.